The van der Waals surface area contributed by atoms with Crippen molar-refractivity contribution in [3.05, 3.63) is 42.0 Å². The lowest BCUT2D eigenvalue weighted by Gasteiger charge is -2.33. The number of carbonyl (C=O) groups excluding carboxylic acids is 1. The van der Waals surface area contributed by atoms with Crippen molar-refractivity contribution in [2.75, 3.05) is 48.9 Å². The average Bonchev–Trinajstić information content (AvgIpc) is 3.06. The SMILES string of the molecule is CSc1ccc(-c2cc(N3CC(=O)NC3=S)cc(C)c2N2CCOCC2)cc1. The van der Waals surface area contributed by atoms with E-state index in [4.69, 9.17) is 17.0 Å². The van der Waals surface area contributed by atoms with Gasteiger partial charge in [-0.15, -0.1) is 11.8 Å². The Kier molecular flexibility index (Phi) is 5.57. The van der Waals surface area contributed by atoms with E-state index in [2.05, 4.69) is 59.8 Å². The first-order valence-electron chi connectivity index (χ1n) is 9.30. The van der Waals surface area contributed by atoms with Gasteiger partial charge >= 0.3 is 0 Å². The molecule has 0 aliphatic carbocycles. The van der Waals surface area contributed by atoms with Gasteiger partial charge in [-0.3, -0.25) is 4.79 Å². The predicted molar refractivity (Wildman–Crippen MR) is 120 cm³/mol. The molecule has 28 heavy (non-hydrogen) atoms. The lowest BCUT2D eigenvalue weighted by atomic mass is 9.97. The quantitative estimate of drug-likeness (QED) is 0.612. The number of thioether (sulfide) groups is 1. The van der Waals surface area contributed by atoms with Gasteiger partial charge in [-0.2, -0.15) is 0 Å². The van der Waals surface area contributed by atoms with Crippen molar-refractivity contribution in [2.24, 2.45) is 0 Å². The van der Waals surface area contributed by atoms with Crippen LogP contribution in [0.4, 0.5) is 11.4 Å². The van der Waals surface area contributed by atoms with Crippen LogP contribution in [0.25, 0.3) is 11.1 Å². The fraction of sp³-hybridized carbons (Fsp3) is 0.333. The number of benzene rings is 2. The third kappa shape index (κ3) is 3.74. The Labute approximate surface area is 175 Å². The van der Waals surface area contributed by atoms with E-state index >= 15 is 0 Å². The summed E-state index contributed by atoms with van der Waals surface area (Å²) in [4.78, 5) is 17.3. The molecule has 4 rings (SSSR count). The van der Waals surface area contributed by atoms with Gasteiger partial charge in [-0.05, 0) is 60.8 Å². The summed E-state index contributed by atoms with van der Waals surface area (Å²) in [5, 5.41) is 3.19. The average molecular weight is 414 g/mol. The van der Waals surface area contributed by atoms with Crippen molar-refractivity contribution in [1.82, 2.24) is 5.32 Å². The van der Waals surface area contributed by atoms with Crippen molar-refractivity contribution in [2.45, 2.75) is 11.8 Å². The number of hydrogen-bond donors (Lipinski definition) is 1. The molecule has 2 aromatic rings. The molecule has 0 unspecified atom stereocenters. The zero-order valence-corrected chi connectivity index (χ0v) is 17.7. The molecule has 2 fully saturated rings. The molecule has 2 aliphatic rings. The molecule has 0 saturated carbocycles. The molecule has 2 aromatic carbocycles. The maximum absolute atomic E-state index is 11.8. The molecule has 2 heterocycles. The molecule has 0 radical (unpaired) electrons. The van der Waals surface area contributed by atoms with Gasteiger partial charge in [0.1, 0.15) is 6.54 Å². The number of anilines is 2. The molecule has 1 amide bonds. The Bertz CT molecular complexity index is 909. The van der Waals surface area contributed by atoms with Gasteiger partial charge in [-0.1, -0.05) is 12.1 Å². The normalized spacial score (nSPS) is 17.2. The highest BCUT2D eigenvalue weighted by atomic mass is 32.2. The summed E-state index contributed by atoms with van der Waals surface area (Å²) in [7, 11) is 0. The van der Waals surface area contributed by atoms with E-state index in [1.165, 1.54) is 16.1 Å². The molecule has 2 aliphatic heterocycles. The number of amides is 1. The first kappa shape index (κ1) is 19.2. The third-order valence-electron chi connectivity index (χ3n) is 5.12. The van der Waals surface area contributed by atoms with Crippen LogP contribution < -0.4 is 15.1 Å². The Hall–Kier alpha value is -2.09. The summed E-state index contributed by atoms with van der Waals surface area (Å²) < 4.78 is 5.55. The minimum absolute atomic E-state index is 0.0641. The van der Waals surface area contributed by atoms with Gasteiger partial charge in [0, 0.05) is 34.9 Å². The number of carbonyl (C=O) groups is 1. The van der Waals surface area contributed by atoms with E-state index < -0.39 is 0 Å². The molecule has 7 heteroatoms. The van der Waals surface area contributed by atoms with E-state index in [0.29, 0.717) is 5.11 Å². The van der Waals surface area contributed by atoms with E-state index in [9.17, 15) is 4.79 Å². The van der Waals surface area contributed by atoms with Gasteiger partial charge in [0.15, 0.2) is 5.11 Å². The van der Waals surface area contributed by atoms with Crippen molar-refractivity contribution < 1.29 is 9.53 Å². The van der Waals surface area contributed by atoms with Crippen LogP contribution in [0.15, 0.2) is 41.3 Å². The maximum Gasteiger partial charge on any atom is 0.246 e. The zero-order valence-electron chi connectivity index (χ0n) is 16.0. The molecule has 2 saturated heterocycles. The van der Waals surface area contributed by atoms with Gasteiger partial charge in [-0.25, -0.2) is 0 Å². The number of thiocarbonyl (C=S) groups is 1. The number of rotatable bonds is 4. The van der Waals surface area contributed by atoms with E-state index in [1.54, 1.807) is 11.8 Å². The highest BCUT2D eigenvalue weighted by Gasteiger charge is 2.27. The highest BCUT2D eigenvalue weighted by Crippen LogP contribution is 2.39. The third-order valence-corrected chi connectivity index (χ3v) is 6.18. The second-order valence-corrected chi connectivity index (χ2v) is 8.19. The Morgan fingerprint density at radius 1 is 1.14 bits per heavy atom. The van der Waals surface area contributed by atoms with Crippen LogP contribution in [-0.4, -0.2) is 50.1 Å². The number of hydrogen-bond acceptors (Lipinski definition) is 5. The lowest BCUT2D eigenvalue weighted by Crippen LogP contribution is -2.37. The number of nitrogens with zero attached hydrogens (tertiary/aromatic N) is 2. The molecule has 0 aromatic heterocycles. The molecule has 1 N–H and O–H groups in total. The molecular weight excluding hydrogens is 390 g/mol. The van der Waals surface area contributed by atoms with Gasteiger partial charge in [0.2, 0.25) is 5.91 Å². The second kappa shape index (κ2) is 8.11. The summed E-state index contributed by atoms with van der Waals surface area (Å²) in [6.45, 7) is 5.61. The lowest BCUT2D eigenvalue weighted by molar-refractivity contribution is -0.117. The molecular formula is C21H23N3O2S2. The first-order chi connectivity index (χ1) is 13.6. The monoisotopic (exact) mass is 413 g/mol. The van der Waals surface area contributed by atoms with Crippen LogP contribution >= 0.6 is 24.0 Å². The minimum atomic E-state index is -0.0641. The van der Waals surface area contributed by atoms with Crippen LogP contribution in [0.2, 0.25) is 0 Å². The zero-order chi connectivity index (χ0) is 19.7. The Morgan fingerprint density at radius 2 is 1.86 bits per heavy atom. The summed E-state index contributed by atoms with van der Waals surface area (Å²) in [6, 6.07) is 12.9. The molecule has 0 spiro atoms. The van der Waals surface area contributed by atoms with E-state index in [0.717, 1.165) is 43.1 Å². The van der Waals surface area contributed by atoms with Crippen molar-refractivity contribution >= 4 is 46.4 Å². The van der Waals surface area contributed by atoms with Crippen LogP contribution in [0.1, 0.15) is 5.56 Å². The predicted octanol–water partition coefficient (Wildman–Crippen LogP) is 3.44. The molecule has 146 valence electrons. The largest absolute Gasteiger partial charge is 0.378 e. The summed E-state index contributed by atoms with van der Waals surface area (Å²) in [6.07, 6.45) is 2.08. The summed E-state index contributed by atoms with van der Waals surface area (Å²) in [5.74, 6) is -0.0641. The van der Waals surface area contributed by atoms with Gasteiger partial charge in [0.25, 0.3) is 0 Å². The fourth-order valence-corrected chi connectivity index (χ4v) is 4.46. The fourth-order valence-electron chi connectivity index (χ4n) is 3.76. The molecule has 0 bridgehead atoms. The Balaban J connectivity index is 1.82. The Morgan fingerprint density at radius 3 is 2.46 bits per heavy atom. The van der Waals surface area contributed by atoms with Crippen LogP contribution in [0.5, 0.6) is 0 Å². The first-order valence-corrected chi connectivity index (χ1v) is 10.9. The van der Waals surface area contributed by atoms with Crippen LogP contribution in [-0.2, 0) is 9.53 Å². The standard InChI is InChI=1S/C21H23N3O2S2/c1-14-11-16(24-13-19(25)22-21(24)27)12-18(15-3-5-17(28-2)6-4-15)20(14)23-7-9-26-10-8-23/h3-6,11-12H,7-10,13H2,1-2H3,(H,22,25,27). The summed E-state index contributed by atoms with van der Waals surface area (Å²) in [5.41, 5.74) is 5.67. The molecule has 5 nitrogen and oxygen atoms in total. The number of nitrogens with one attached hydrogen (secondary N) is 1. The van der Waals surface area contributed by atoms with Crippen molar-refractivity contribution in [1.29, 1.82) is 0 Å². The van der Waals surface area contributed by atoms with Gasteiger partial charge < -0.3 is 19.9 Å². The highest BCUT2D eigenvalue weighted by molar-refractivity contribution is 7.98. The molecule has 0 atom stereocenters. The number of morpholine rings is 1. The van der Waals surface area contributed by atoms with E-state index in [-0.39, 0.29) is 12.5 Å². The summed E-state index contributed by atoms with van der Waals surface area (Å²) >= 11 is 7.09. The van der Waals surface area contributed by atoms with Crippen molar-refractivity contribution in [3.8, 4) is 11.1 Å². The smallest absolute Gasteiger partial charge is 0.246 e. The topological polar surface area (TPSA) is 44.8 Å². The van der Waals surface area contributed by atoms with Gasteiger partial charge in [0.05, 0.1) is 13.2 Å². The maximum atomic E-state index is 11.8. The number of ether oxygens (including phenoxy) is 1. The van der Waals surface area contributed by atoms with Crippen LogP contribution in [0.3, 0.4) is 0 Å². The minimum Gasteiger partial charge on any atom is -0.378 e. The van der Waals surface area contributed by atoms with E-state index in [1.807, 2.05) is 4.90 Å². The van der Waals surface area contributed by atoms with Crippen molar-refractivity contribution in [3.63, 3.8) is 0 Å². The number of aryl methyl sites for hydroxylation is 1. The van der Waals surface area contributed by atoms with Crippen LogP contribution in [0, 0.1) is 6.92 Å². The second-order valence-electron chi connectivity index (χ2n) is 6.93.